The smallest absolute Gasteiger partial charge is 0.382 e. The number of nitrogens with zero attached hydrogens (tertiary/aromatic N) is 16. The van der Waals surface area contributed by atoms with Crippen LogP contribution < -0.4 is 22.9 Å². The molecule has 8 aromatic heterocycles. The number of fused-ring (bicyclic) bond motifs is 4. The van der Waals surface area contributed by atoms with Crippen LogP contribution in [0.4, 0.5) is 36.4 Å². The van der Waals surface area contributed by atoms with Crippen LogP contribution in [0.25, 0.3) is 44.7 Å². The van der Waals surface area contributed by atoms with Crippen LogP contribution in [-0.2, 0) is 19.1 Å². The molecular formula is C73H71Cl4F3N20S4. The summed E-state index contributed by atoms with van der Waals surface area (Å²) in [5.74, 6) is 6.80. The number of nitrogens with two attached hydrogens (primary N) is 4. The number of imidazole rings is 4. The zero-order chi connectivity index (χ0) is 74.7. The second kappa shape index (κ2) is 34.7. The van der Waals surface area contributed by atoms with Crippen LogP contribution in [-0.4, -0.2) is 78.1 Å². The molecule has 0 spiro atoms. The first-order valence-electron chi connectivity index (χ1n) is 32.5. The van der Waals surface area contributed by atoms with Gasteiger partial charge in [0.15, 0.2) is 88.6 Å². The average molecular weight is 1560 g/mol. The number of rotatable bonds is 19. The van der Waals surface area contributed by atoms with Gasteiger partial charge in [-0.15, -0.1) is 24.7 Å². The van der Waals surface area contributed by atoms with Gasteiger partial charge in [0.05, 0.1) is 5.56 Å². The van der Waals surface area contributed by atoms with E-state index in [0.29, 0.717) is 89.5 Å². The molecule has 536 valence electrons. The number of aryl methyl sites for hydroxylation is 6. The first-order chi connectivity index (χ1) is 49.8. The number of anilines is 4. The van der Waals surface area contributed by atoms with Crippen LogP contribution in [0.5, 0.6) is 0 Å². The van der Waals surface area contributed by atoms with Gasteiger partial charge >= 0.3 is 6.18 Å². The Kier molecular flexibility index (Phi) is 25.9. The van der Waals surface area contributed by atoms with Gasteiger partial charge in [-0.25, -0.2) is 59.8 Å². The van der Waals surface area contributed by atoms with Crippen LogP contribution in [0, 0.1) is 52.4 Å². The van der Waals surface area contributed by atoms with E-state index in [9.17, 15) is 13.2 Å². The molecule has 3 unspecified atom stereocenters. The summed E-state index contributed by atoms with van der Waals surface area (Å²) >= 11 is 30.3. The molecule has 8 heterocycles. The number of alkyl halides is 3. The third-order valence-electron chi connectivity index (χ3n) is 16.4. The molecule has 104 heavy (non-hydrogen) atoms. The van der Waals surface area contributed by atoms with Gasteiger partial charge in [-0.2, -0.15) is 13.2 Å². The fourth-order valence-electron chi connectivity index (χ4n) is 11.2. The van der Waals surface area contributed by atoms with Gasteiger partial charge in [0.25, 0.3) is 0 Å². The fraction of sp³-hybridized carbons (Fsp3) is 0.260. The molecule has 0 amide bonds. The number of nitrogen functional groups attached to an aromatic ring is 4. The quantitative estimate of drug-likeness (QED) is 0.0547. The van der Waals surface area contributed by atoms with Crippen molar-refractivity contribution >= 4 is 161 Å². The van der Waals surface area contributed by atoms with E-state index in [2.05, 4.69) is 91.6 Å². The molecule has 8 N–H and O–H groups in total. The Morgan fingerprint density at radius 2 is 0.827 bits per heavy atom. The molecule has 31 heteroatoms. The van der Waals surface area contributed by atoms with E-state index in [1.54, 1.807) is 40.2 Å². The van der Waals surface area contributed by atoms with Crippen molar-refractivity contribution in [2.75, 3.05) is 22.9 Å². The van der Waals surface area contributed by atoms with Crippen molar-refractivity contribution in [2.45, 2.75) is 165 Å². The molecule has 13 rings (SSSR count). The summed E-state index contributed by atoms with van der Waals surface area (Å²) in [5.41, 5.74) is 32.7. The maximum absolute atomic E-state index is 13.4. The predicted molar refractivity (Wildman–Crippen MR) is 416 cm³/mol. The standard InChI is InChI=1S/C21H17ClF3N5S.C18H18ClN5S.C17H20ClN5S.C17H16ClN5S/c1-12-10-14(22)6-7-16(12)31-20-29-17-18(26)27-11-28-19(17)30(20)9-8-13-4-2-3-5-15(13)21(23,24)25;1-4-6-13(5-2)24-17-15(16(20)21-10-22-17)23-18(24)25-14-8-7-12(19)9-11(14)3;2*1-4-5-11(3)23-16-14(15(19)20-9-21-16)22-17(23)24-13-7-6-12(18)8-10(13)2/h2-7,10-11H,8-9H2,1H3,(H2,26,27,28);1,7-10,13H,5-6H2,2-3H3,(H2,20,21,22);6-9,11H,4-5H2,1-3H3,(H2,19,20,21);1,6-9,11H,5H2,2-3H3,(H2,19,20,21). The van der Waals surface area contributed by atoms with E-state index in [-0.39, 0.29) is 42.5 Å². The highest BCUT2D eigenvalue weighted by Gasteiger charge is 2.33. The normalized spacial score (nSPS) is 12.2. The molecule has 0 saturated heterocycles. The van der Waals surface area contributed by atoms with Crippen molar-refractivity contribution in [3.05, 3.63) is 176 Å². The van der Waals surface area contributed by atoms with E-state index in [0.717, 1.165) is 93.3 Å². The largest absolute Gasteiger partial charge is 0.416 e. The highest BCUT2D eigenvalue weighted by Crippen LogP contribution is 2.42. The van der Waals surface area contributed by atoms with E-state index < -0.39 is 11.7 Å². The summed E-state index contributed by atoms with van der Waals surface area (Å²) in [6, 6.07) is 28.9. The molecule has 20 nitrogen and oxygen atoms in total. The summed E-state index contributed by atoms with van der Waals surface area (Å²) in [5, 5.41) is 5.81. The first-order valence-corrected chi connectivity index (χ1v) is 37.3. The molecule has 0 bridgehead atoms. The number of terminal acetylenes is 2. The van der Waals surface area contributed by atoms with Crippen molar-refractivity contribution in [1.82, 2.24) is 78.1 Å². The predicted octanol–water partition coefficient (Wildman–Crippen LogP) is 19.3. The third-order valence-corrected chi connectivity index (χ3v) is 22.0. The van der Waals surface area contributed by atoms with Crippen molar-refractivity contribution in [3.8, 4) is 24.7 Å². The maximum Gasteiger partial charge on any atom is 0.416 e. The molecule has 0 fully saturated rings. The Morgan fingerprint density at radius 3 is 1.21 bits per heavy atom. The Labute approximate surface area is 636 Å². The minimum absolute atomic E-state index is 0.0457. The Morgan fingerprint density at radius 1 is 0.471 bits per heavy atom. The number of aromatic nitrogens is 16. The highest BCUT2D eigenvalue weighted by atomic mass is 35.5. The second-order valence-electron chi connectivity index (χ2n) is 23.9. The molecule has 0 aliphatic rings. The zero-order valence-electron chi connectivity index (χ0n) is 57.6. The Balaban J connectivity index is 0.000000150. The van der Waals surface area contributed by atoms with Crippen molar-refractivity contribution in [2.24, 2.45) is 0 Å². The molecule has 13 aromatic rings. The summed E-state index contributed by atoms with van der Waals surface area (Å²) in [7, 11) is 0. The zero-order valence-corrected chi connectivity index (χ0v) is 63.9. The van der Waals surface area contributed by atoms with Crippen molar-refractivity contribution in [3.63, 3.8) is 0 Å². The fourth-order valence-corrected chi connectivity index (χ4v) is 16.2. The van der Waals surface area contributed by atoms with E-state index in [1.807, 2.05) is 106 Å². The summed E-state index contributed by atoms with van der Waals surface area (Å²) in [6.45, 7) is 16.7. The Bertz CT molecular complexity index is 5340. The van der Waals surface area contributed by atoms with Gasteiger partial charge in [0.2, 0.25) is 0 Å². The lowest BCUT2D eigenvalue weighted by molar-refractivity contribution is -0.138. The van der Waals surface area contributed by atoms with Crippen LogP contribution in [0.2, 0.25) is 20.1 Å². The topological polar surface area (TPSA) is 278 Å². The van der Waals surface area contributed by atoms with Gasteiger partial charge in [-0.05, 0) is 167 Å². The number of benzene rings is 5. The first kappa shape index (κ1) is 77.6. The van der Waals surface area contributed by atoms with Crippen LogP contribution in [0.1, 0.15) is 111 Å². The van der Waals surface area contributed by atoms with Crippen molar-refractivity contribution < 1.29 is 13.2 Å². The van der Waals surface area contributed by atoms with Crippen molar-refractivity contribution in [1.29, 1.82) is 0 Å². The Hall–Kier alpha value is -9.03. The number of halogens is 7. The number of hydrogen-bond acceptors (Lipinski definition) is 20. The molecule has 5 aromatic carbocycles. The molecule has 0 aliphatic carbocycles. The van der Waals surface area contributed by atoms with Gasteiger partial charge in [-0.3, -0.25) is 9.13 Å². The summed E-state index contributed by atoms with van der Waals surface area (Å²) in [4.78, 5) is 56.4. The maximum atomic E-state index is 13.4. The molecule has 0 saturated carbocycles. The van der Waals surface area contributed by atoms with Gasteiger partial charge in [0.1, 0.15) is 25.3 Å². The third kappa shape index (κ3) is 18.2. The van der Waals surface area contributed by atoms with E-state index in [1.165, 1.54) is 61.0 Å². The van der Waals surface area contributed by atoms with Crippen LogP contribution in [0.3, 0.4) is 0 Å². The minimum Gasteiger partial charge on any atom is -0.382 e. The summed E-state index contributed by atoms with van der Waals surface area (Å²) in [6.07, 6.45) is 16.7. The lowest BCUT2D eigenvalue weighted by Crippen LogP contribution is -2.11. The molecule has 0 aliphatic heterocycles. The lowest BCUT2D eigenvalue weighted by atomic mass is 10.0. The minimum atomic E-state index is -4.42. The number of hydrogen-bond donors (Lipinski definition) is 4. The SMILES string of the molecule is C#CCC(C)n1c(Sc2ccc(Cl)cc2C)nc2c(N)ncnc21.C#CCC(CC)n1c(Sc2ccc(Cl)cc2C)nc2c(N)ncnc21.CCCC(C)n1c(Sc2ccc(Cl)cc2C)nc2c(N)ncnc21.Cc1cc(Cl)ccc1Sc1nc2c(N)ncnc2n1CCc1ccccc1C(F)(F)F. The lowest BCUT2D eigenvalue weighted by Gasteiger charge is -2.17. The monoisotopic (exact) mass is 1550 g/mol. The molecule has 3 atom stereocenters. The second-order valence-corrected chi connectivity index (χ2v) is 29.7. The van der Waals surface area contributed by atoms with E-state index >= 15 is 0 Å². The van der Waals surface area contributed by atoms with Gasteiger partial charge in [-0.1, -0.05) is 132 Å². The summed E-state index contributed by atoms with van der Waals surface area (Å²) < 4.78 is 48.2. The van der Waals surface area contributed by atoms with Crippen LogP contribution >= 0.6 is 93.5 Å². The molecule has 0 radical (unpaired) electrons. The molecular weight excluding hydrogens is 1480 g/mol. The van der Waals surface area contributed by atoms with Gasteiger partial charge in [0, 0.05) is 77.2 Å². The van der Waals surface area contributed by atoms with E-state index in [4.69, 9.17) is 92.2 Å². The van der Waals surface area contributed by atoms with Gasteiger partial charge < -0.3 is 32.1 Å². The highest BCUT2D eigenvalue weighted by molar-refractivity contribution is 8.00. The van der Waals surface area contributed by atoms with Crippen LogP contribution in [0.15, 0.2) is 163 Å². The average Bonchev–Trinajstić information content (AvgIpc) is 1.66.